The van der Waals surface area contributed by atoms with Crippen molar-refractivity contribution in [1.29, 1.82) is 0 Å². The van der Waals surface area contributed by atoms with Gasteiger partial charge in [0.15, 0.2) is 11.5 Å². The van der Waals surface area contributed by atoms with Gasteiger partial charge in [-0.15, -0.1) is 5.10 Å². The van der Waals surface area contributed by atoms with Crippen LogP contribution in [0.2, 0.25) is 0 Å². The molecule has 0 radical (unpaired) electrons. The minimum Gasteiger partial charge on any atom is -0.493 e. The van der Waals surface area contributed by atoms with Gasteiger partial charge in [-0.3, -0.25) is 0 Å². The van der Waals surface area contributed by atoms with E-state index in [-0.39, 0.29) is 5.69 Å². The van der Waals surface area contributed by atoms with Gasteiger partial charge in [0.2, 0.25) is 0 Å². The highest BCUT2D eigenvalue weighted by molar-refractivity contribution is 5.60. The number of aryl methyl sites for hydroxylation is 1. The molecule has 0 saturated carbocycles. The molecule has 0 aliphatic rings. The maximum absolute atomic E-state index is 13.3. The van der Waals surface area contributed by atoms with Crippen molar-refractivity contribution in [2.45, 2.75) is 13.1 Å². The number of nitrogens with zero attached hydrogens (tertiary/aromatic N) is 5. The summed E-state index contributed by atoms with van der Waals surface area (Å²) in [6.07, 6.45) is -2.78. The molecule has 7 nitrogen and oxygen atoms in total. The smallest absolute Gasteiger partial charge is 0.433 e. The van der Waals surface area contributed by atoms with Crippen LogP contribution < -0.4 is 9.47 Å². The van der Waals surface area contributed by atoms with Crippen LogP contribution >= 0.6 is 0 Å². The summed E-state index contributed by atoms with van der Waals surface area (Å²) in [5.41, 5.74) is 1.75. The number of rotatable bonds is 5. The van der Waals surface area contributed by atoms with Gasteiger partial charge in [0.25, 0.3) is 0 Å². The second-order valence-corrected chi connectivity index (χ2v) is 6.72. The second-order valence-electron chi connectivity index (χ2n) is 6.72. The third-order valence-electron chi connectivity index (χ3n) is 4.65. The van der Waals surface area contributed by atoms with E-state index < -0.39 is 11.9 Å². The molecule has 0 unspecified atom stereocenters. The van der Waals surface area contributed by atoms with E-state index in [1.807, 2.05) is 6.07 Å². The lowest BCUT2D eigenvalue weighted by atomic mass is 10.1. The van der Waals surface area contributed by atoms with Gasteiger partial charge in [-0.1, -0.05) is 17.3 Å². The molecular weight excluding hydrogens is 411 g/mol. The summed E-state index contributed by atoms with van der Waals surface area (Å²) >= 11 is 0. The van der Waals surface area contributed by atoms with E-state index in [0.717, 1.165) is 16.4 Å². The van der Waals surface area contributed by atoms with Crippen molar-refractivity contribution in [1.82, 2.24) is 24.8 Å². The van der Waals surface area contributed by atoms with Gasteiger partial charge in [-0.25, -0.2) is 9.36 Å². The normalized spacial score (nSPS) is 11.5. The van der Waals surface area contributed by atoms with Crippen LogP contribution in [0.3, 0.4) is 0 Å². The average Bonchev–Trinajstić information content (AvgIpc) is 3.40. The molecule has 0 amide bonds. The molecule has 0 saturated heterocycles. The first-order chi connectivity index (χ1) is 14.8. The first-order valence-corrected chi connectivity index (χ1v) is 9.19. The first-order valence-electron chi connectivity index (χ1n) is 9.19. The molecule has 0 spiro atoms. The zero-order valence-corrected chi connectivity index (χ0v) is 16.9. The monoisotopic (exact) mass is 429 g/mol. The molecule has 4 rings (SSSR count). The summed E-state index contributed by atoms with van der Waals surface area (Å²) in [4.78, 5) is 0. The number of ether oxygens (including phenoxy) is 2. The fourth-order valence-corrected chi connectivity index (χ4v) is 3.16. The second kappa shape index (κ2) is 7.78. The van der Waals surface area contributed by atoms with Crippen molar-refractivity contribution < 1.29 is 22.6 Å². The van der Waals surface area contributed by atoms with Crippen LogP contribution in [0.5, 0.6) is 11.5 Å². The summed E-state index contributed by atoms with van der Waals surface area (Å²) in [5, 5.41) is 12.3. The fourth-order valence-electron chi connectivity index (χ4n) is 3.16. The Morgan fingerprint density at radius 2 is 1.55 bits per heavy atom. The molecule has 160 valence electrons. The lowest BCUT2D eigenvalue weighted by molar-refractivity contribution is -0.142. The van der Waals surface area contributed by atoms with E-state index in [2.05, 4.69) is 15.4 Å². The molecule has 0 bridgehead atoms. The Hall–Kier alpha value is -3.82. The van der Waals surface area contributed by atoms with E-state index in [1.165, 1.54) is 6.92 Å². The maximum Gasteiger partial charge on any atom is 0.433 e. The van der Waals surface area contributed by atoms with Gasteiger partial charge in [-0.2, -0.15) is 18.3 Å². The number of halogens is 3. The average molecular weight is 429 g/mol. The molecule has 2 heterocycles. The minimum atomic E-state index is -4.50. The molecule has 10 heteroatoms. The molecule has 0 aliphatic carbocycles. The fraction of sp³-hybridized carbons (Fsp3) is 0.190. The zero-order valence-electron chi connectivity index (χ0n) is 16.9. The number of benzene rings is 2. The Morgan fingerprint density at radius 1 is 0.871 bits per heavy atom. The maximum atomic E-state index is 13.3. The van der Waals surface area contributed by atoms with Gasteiger partial charge in [0.1, 0.15) is 11.4 Å². The highest BCUT2D eigenvalue weighted by Gasteiger charge is 2.35. The van der Waals surface area contributed by atoms with Crippen LogP contribution in [0.1, 0.15) is 11.4 Å². The quantitative estimate of drug-likeness (QED) is 0.469. The predicted octanol–water partition coefficient (Wildman–Crippen LogP) is 4.46. The molecule has 31 heavy (non-hydrogen) atoms. The SMILES string of the molecule is COc1ccc(-n2cc(-c3ccc(-n4nc(C)cc4C(F)(F)F)cc3)nn2)cc1OC. The Labute approximate surface area is 175 Å². The van der Waals surface area contributed by atoms with Gasteiger partial charge in [0, 0.05) is 11.6 Å². The van der Waals surface area contributed by atoms with Crippen molar-refractivity contribution >= 4 is 0 Å². The lowest BCUT2D eigenvalue weighted by Gasteiger charge is -2.10. The largest absolute Gasteiger partial charge is 0.493 e. The van der Waals surface area contributed by atoms with Crippen molar-refractivity contribution in [2.75, 3.05) is 14.2 Å². The van der Waals surface area contributed by atoms with Crippen molar-refractivity contribution in [3.8, 4) is 34.1 Å². The number of hydrogen-bond acceptors (Lipinski definition) is 5. The summed E-state index contributed by atoms with van der Waals surface area (Å²) in [6, 6.07) is 12.8. The van der Waals surface area contributed by atoms with Crippen molar-refractivity contribution in [2.24, 2.45) is 0 Å². The highest BCUT2D eigenvalue weighted by Crippen LogP contribution is 2.32. The van der Waals surface area contributed by atoms with Gasteiger partial charge >= 0.3 is 6.18 Å². The Morgan fingerprint density at radius 3 is 2.19 bits per heavy atom. The molecule has 2 aromatic carbocycles. The van der Waals surface area contributed by atoms with Crippen LogP contribution in [0.25, 0.3) is 22.6 Å². The molecule has 4 aromatic rings. The van der Waals surface area contributed by atoms with Crippen molar-refractivity contribution in [3.63, 3.8) is 0 Å². The third kappa shape index (κ3) is 3.96. The van der Waals surface area contributed by atoms with Crippen LogP contribution in [-0.4, -0.2) is 39.0 Å². The van der Waals surface area contributed by atoms with Gasteiger partial charge in [-0.05, 0) is 37.3 Å². The number of alkyl halides is 3. The summed E-state index contributed by atoms with van der Waals surface area (Å²) < 4.78 is 52.8. The van der Waals surface area contributed by atoms with Crippen LogP contribution in [0.4, 0.5) is 13.2 Å². The summed E-state index contributed by atoms with van der Waals surface area (Å²) in [6.45, 7) is 1.52. The summed E-state index contributed by atoms with van der Waals surface area (Å²) in [7, 11) is 3.10. The molecule has 0 N–H and O–H groups in total. The molecule has 0 atom stereocenters. The molecule has 0 aliphatic heterocycles. The Bertz CT molecular complexity index is 1210. The van der Waals surface area contributed by atoms with Crippen LogP contribution in [0.15, 0.2) is 54.7 Å². The predicted molar refractivity (Wildman–Crippen MR) is 107 cm³/mol. The van der Waals surface area contributed by atoms with E-state index in [9.17, 15) is 13.2 Å². The highest BCUT2D eigenvalue weighted by atomic mass is 19.4. The Balaban J connectivity index is 1.63. The van der Waals surface area contributed by atoms with Crippen LogP contribution in [0, 0.1) is 6.92 Å². The van der Waals surface area contributed by atoms with E-state index >= 15 is 0 Å². The van der Waals surface area contributed by atoms with E-state index in [0.29, 0.717) is 28.4 Å². The lowest BCUT2D eigenvalue weighted by Crippen LogP contribution is -2.13. The zero-order chi connectivity index (χ0) is 22.2. The topological polar surface area (TPSA) is 67.0 Å². The standard InChI is InChI=1S/C21H18F3N5O2/c1-13-10-20(21(22,23)24)29(26-13)15-6-4-14(5-7-15)17-12-28(27-25-17)16-8-9-18(30-2)19(11-16)31-3/h4-12H,1-3H3. The Kier molecular flexibility index (Phi) is 5.14. The van der Waals surface area contributed by atoms with Crippen molar-refractivity contribution in [3.05, 3.63) is 66.1 Å². The first kappa shape index (κ1) is 20.5. The third-order valence-corrected chi connectivity index (χ3v) is 4.65. The van der Waals surface area contributed by atoms with Gasteiger partial charge in [0.05, 0.1) is 37.5 Å². The number of hydrogen-bond donors (Lipinski definition) is 0. The molecule has 0 fully saturated rings. The van der Waals surface area contributed by atoms with E-state index in [4.69, 9.17) is 9.47 Å². The molecule has 2 aromatic heterocycles. The number of aromatic nitrogens is 5. The summed E-state index contributed by atoms with van der Waals surface area (Å²) in [5.74, 6) is 1.14. The van der Waals surface area contributed by atoms with Gasteiger partial charge < -0.3 is 9.47 Å². The molecular formula is C21H18F3N5O2. The van der Waals surface area contributed by atoms with Crippen LogP contribution in [-0.2, 0) is 6.18 Å². The minimum absolute atomic E-state index is 0.286. The van der Waals surface area contributed by atoms with E-state index in [1.54, 1.807) is 61.5 Å². The number of methoxy groups -OCH3 is 2.